The molecular weight excluding hydrogens is 190 g/mol. The molecule has 0 amide bonds. The molecule has 0 aromatic carbocycles. The number of hydrogen-bond acceptors (Lipinski definition) is 2. The smallest absolute Gasteiger partial charge is 0.306 e. The van der Waals surface area contributed by atoms with Crippen molar-refractivity contribution in [2.45, 2.75) is 52.1 Å². The van der Waals surface area contributed by atoms with Crippen LogP contribution in [0.25, 0.3) is 0 Å². The van der Waals surface area contributed by atoms with Gasteiger partial charge in [-0.3, -0.25) is 4.79 Å². The number of carboxylic acids is 1. The minimum atomic E-state index is -0.699. The highest BCUT2D eigenvalue weighted by Gasteiger charge is 2.11. The average molecular weight is 213 g/mol. The van der Waals surface area contributed by atoms with E-state index in [1.54, 1.807) is 6.92 Å². The molecule has 0 aliphatic rings. The van der Waals surface area contributed by atoms with E-state index in [4.69, 9.17) is 5.11 Å². The predicted octanol–water partition coefficient (Wildman–Crippen LogP) is 2.43. The van der Waals surface area contributed by atoms with Crippen LogP contribution in [0.5, 0.6) is 0 Å². The molecule has 0 radical (unpaired) electrons. The summed E-state index contributed by atoms with van der Waals surface area (Å²) in [6.45, 7) is 9.64. The Balaban J connectivity index is 3.58. The van der Waals surface area contributed by atoms with Gasteiger partial charge in [0.15, 0.2) is 0 Å². The van der Waals surface area contributed by atoms with E-state index in [1.165, 1.54) is 0 Å². The number of carbonyl (C=O) groups is 1. The van der Waals surface area contributed by atoms with Crippen molar-refractivity contribution in [3.63, 3.8) is 0 Å². The van der Waals surface area contributed by atoms with E-state index >= 15 is 0 Å². The van der Waals surface area contributed by atoms with Gasteiger partial charge in [0.05, 0.1) is 5.92 Å². The molecule has 3 nitrogen and oxygen atoms in total. The molecule has 0 fully saturated rings. The van der Waals surface area contributed by atoms with Crippen molar-refractivity contribution in [1.29, 1.82) is 0 Å². The number of rotatable bonds is 8. The fourth-order valence-corrected chi connectivity index (χ4v) is 1.45. The summed E-state index contributed by atoms with van der Waals surface area (Å²) in [6, 6.07) is 0.732. The highest BCUT2D eigenvalue weighted by atomic mass is 16.4. The van der Waals surface area contributed by atoms with Crippen molar-refractivity contribution >= 4 is 5.97 Å². The van der Waals surface area contributed by atoms with Gasteiger partial charge in [0, 0.05) is 12.1 Å². The van der Waals surface area contributed by atoms with Gasteiger partial charge in [-0.2, -0.15) is 0 Å². The molecule has 3 heteroatoms. The Labute approximate surface area is 92.6 Å². The van der Waals surface area contributed by atoms with E-state index in [0.717, 1.165) is 19.3 Å². The van der Waals surface area contributed by atoms with Gasteiger partial charge >= 0.3 is 5.97 Å². The van der Waals surface area contributed by atoms with Gasteiger partial charge in [-0.25, -0.2) is 0 Å². The highest BCUT2D eigenvalue weighted by molar-refractivity contribution is 5.69. The van der Waals surface area contributed by atoms with Crippen LogP contribution in [-0.4, -0.2) is 23.2 Å². The van der Waals surface area contributed by atoms with Crippen molar-refractivity contribution < 1.29 is 9.90 Å². The molecule has 0 spiro atoms. The molecule has 0 aromatic rings. The first-order valence-corrected chi connectivity index (χ1v) is 5.58. The molecule has 0 aliphatic carbocycles. The van der Waals surface area contributed by atoms with Crippen molar-refractivity contribution in [3.05, 3.63) is 12.7 Å². The van der Waals surface area contributed by atoms with E-state index < -0.39 is 5.97 Å². The summed E-state index contributed by atoms with van der Waals surface area (Å²) in [4.78, 5) is 10.6. The van der Waals surface area contributed by atoms with Gasteiger partial charge in [0.1, 0.15) is 0 Å². The lowest BCUT2D eigenvalue weighted by Crippen LogP contribution is -2.33. The second-order valence-electron chi connectivity index (χ2n) is 4.26. The zero-order chi connectivity index (χ0) is 11.8. The van der Waals surface area contributed by atoms with Crippen molar-refractivity contribution in [2.24, 2.45) is 5.92 Å². The quantitative estimate of drug-likeness (QED) is 0.609. The largest absolute Gasteiger partial charge is 0.481 e. The van der Waals surface area contributed by atoms with E-state index in [1.807, 2.05) is 6.08 Å². The number of nitrogens with one attached hydrogen (secondary N) is 1. The van der Waals surface area contributed by atoms with E-state index in [-0.39, 0.29) is 5.92 Å². The Morgan fingerprint density at radius 3 is 2.47 bits per heavy atom. The fourth-order valence-electron chi connectivity index (χ4n) is 1.45. The third-order valence-corrected chi connectivity index (χ3v) is 2.60. The molecule has 3 atom stereocenters. The third-order valence-electron chi connectivity index (χ3n) is 2.60. The van der Waals surface area contributed by atoms with Gasteiger partial charge < -0.3 is 10.4 Å². The fraction of sp³-hybridized carbons (Fsp3) is 0.750. The molecule has 0 aromatic heterocycles. The van der Waals surface area contributed by atoms with E-state index in [0.29, 0.717) is 12.1 Å². The average Bonchev–Trinajstić information content (AvgIpc) is 2.17. The van der Waals surface area contributed by atoms with Gasteiger partial charge in [-0.15, -0.1) is 6.58 Å². The molecule has 0 rings (SSSR count). The summed E-state index contributed by atoms with van der Waals surface area (Å²) >= 11 is 0. The summed E-state index contributed by atoms with van der Waals surface area (Å²) in [5.74, 6) is -0.927. The number of aliphatic carboxylic acids is 1. The zero-order valence-electron chi connectivity index (χ0n) is 9.99. The van der Waals surface area contributed by atoms with Gasteiger partial charge in [-0.1, -0.05) is 19.4 Å². The topological polar surface area (TPSA) is 49.3 Å². The number of carboxylic acid groups (broad SMARTS) is 1. The molecule has 3 unspecified atom stereocenters. The standard InChI is InChI=1S/C12H23NO2/c1-5-10(3)13-11(4)8-6-7-9(2)12(14)15/h5,9-11,13H,1,6-8H2,2-4H3,(H,14,15). The summed E-state index contributed by atoms with van der Waals surface area (Å²) in [7, 11) is 0. The van der Waals surface area contributed by atoms with Crippen LogP contribution in [0, 0.1) is 5.92 Å². The Hall–Kier alpha value is -0.830. The molecule has 0 aliphatic heterocycles. The highest BCUT2D eigenvalue weighted by Crippen LogP contribution is 2.09. The van der Waals surface area contributed by atoms with Gasteiger partial charge in [0.2, 0.25) is 0 Å². The number of hydrogen-bond donors (Lipinski definition) is 2. The van der Waals surface area contributed by atoms with Gasteiger partial charge in [0.25, 0.3) is 0 Å². The summed E-state index contributed by atoms with van der Waals surface area (Å²) in [5, 5.41) is 12.1. The summed E-state index contributed by atoms with van der Waals surface area (Å²) in [5.41, 5.74) is 0. The van der Waals surface area contributed by atoms with Crippen LogP contribution >= 0.6 is 0 Å². The Kier molecular flexibility index (Phi) is 7.05. The molecule has 88 valence electrons. The second-order valence-corrected chi connectivity index (χ2v) is 4.26. The minimum absolute atomic E-state index is 0.228. The van der Waals surface area contributed by atoms with Crippen LogP contribution < -0.4 is 5.32 Å². The van der Waals surface area contributed by atoms with Crippen LogP contribution in [0.15, 0.2) is 12.7 Å². The molecule has 0 heterocycles. The Morgan fingerprint density at radius 2 is 2.00 bits per heavy atom. The maximum absolute atomic E-state index is 10.6. The monoisotopic (exact) mass is 213 g/mol. The van der Waals surface area contributed by atoms with Crippen LogP contribution in [0.2, 0.25) is 0 Å². The molecule has 0 saturated heterocycles. The van der Waals surface area contributed by atoms with Crippen LogP contribution in [0.3, 0.4) is 0 Å². The third kappa shape index (κ3) is 7.14. The SMILES string of the molecule is C=CC(C)NC(C)CCCC(C)C(=O)O. The second kappa shape index (κ2) is 7.46. The van der Waals surface area contributed by atoms with E-state index in [9.17, 15) is 4.79 Å². The zero-order valence-corrected chi connectivity index (χ0v) is 9.99. The first-order chi connectivity index (χ1) is 6.97. The molecule has 2 N–H and O–H groups in total. The Morgan fingerprint density at radius 1 is 1.40 bits per heavy atom. The van der Waals surface area contributed by atoms with Crippen LogP contribution in [-0.2, 0) is 4.79 Å². The normalized spacial score (nSPS) is 16.7. The van der Waals surface area contributed by atoms with E-state index in [2.05, 4.69) is 25.7 Å². The lowest BCUT2D eigenvalue weighted by molar-refractivity contribution is -0.141. The molecule has 15 heavy (non-hydrogen) atoms. The lowest BCUT2D eigenvalue weighted by atomic mass is 10.0. The summed E-state index contributed by atoms with van der Waals surface area (Å²) in [6.07, 6.45) is 4.58. The van der Waals surface area contributed by atoms with Crippen LogP contribution in [0.1, 0.15) is 40.0 Å². The first-order valence-electron chi connectivity index (χ1n) is 5.58. The van der Waals surface area contributed by atoms with Crippen LogP contribution in [0.4, 0.5) is 0 Å². The van der Waals surface area contributed by atoms with Crippen molar-refractivity contribution in [2.75, 3.05) is 0 Å². The van der Waals surface area contributed by atoms with Crippen molar-refractivity contribution in [1.82, 2.24) is 5.32 Å². The lowest BCUT2D eigenvalue weighted by Gasteiger charge is -2.17. The maximum atomic E-state index is 10.6. The molecular formula is C12H23NO2. The predicted molar refractivity (Wildman–Crippen MR) is 62.9 cm³/mol. The minimum Gasteiger partial charge on any atom is -0.481 e. The maximum Gasteiger partial charge on any atom is 0.306 e. The molecule has 0 saturated carbocycles. The summed E-state index contributed by atoms with van der Waals surface area (Å²) < 4.78 is 0. The first kappa shape index (κ1) is 14.2. The van der Waals surface area contributed by atoms with Gasteiger partial charge in [-0.05, 0) is 26.7 Å². The Bertz CT molecular complexity index is 204. The molecule has 0 bridgehead atoms. The van der Waals surface area contributed by atoms with Crippen molar-refractivity contribution in [3.8, 4) is 0 Å².